The first-order chi connectivity index (χ1) is 8.99. The molecule has 0 aromatic heterocycles. The molecule has 0 aromatic carbocycles. The molecule has 0 radical (unpaired) electrons. The predicted octanol–water partition coefficient (Wildman–Crippen LogP) is 4.01. The molecule has 0 heterocycles. The van der Waals surface area contributed by atoms with Crippen LogP contribution >= 0.6 is 0 Å². The molecule has 19 heavy (non-hydrogen) atoms. The summed E-state index contributed by atoms with van der Waals surface area (Å²) in [5.74, 6) is 1.68. The summed E-state index contributed by atoms with van der Waals surface area (Å²) in [6.07, 6.45) is 9.22. The molecule has 0 saturated heterocycles. The average molecular weight is 266 g/mol. The van der Waals surface area contributed by atoms with Crippen LogP contribution < -0.4 is 5.32 Å². The van der Waals surface area contributed by atoms with E-state index in [1.165, 1.54) is 25.7 Å². The van der Waals surface area contributed by atoms with Crippen LogP contribution in [-0.4, -0.2) is 24.0 Å². The van der Waals surface area contributed by atoms with Gasteiger partial charge < -0.3 is 10.2 Å². The average Bonchev–Trinajstić information content (AvgIpc) is 2.79. The predicted molar refractivity (Wildman–Crippen MR) is 80.9 cm³/mol. The number of nitrogens with zero attached hydrogens (tertiary/aromatic N) is 1. The maximum atomic E-state index is 12.2. The zero-order chi connectivity index (χ0) is 14.3. The molecular weight excluding hydrogens is 236 g/mol. The molecule has 1 saturated carbocycles. The number of rotatable bonds is 6. The van der Waals surface area contributed by atoms with E-state index in [0.717, 1.165) is 13.1 Å². The molecule has 0 spiro atoms. The van der Waals surface area contributed by atoms with E-state index in [2.05, 4.69) is 39.1 Å². The lowest BCUT2D eigenvalue weighted by Crippen LogP contribution is -2.41. The Morgan fingerprint density at radius 3 is 2.16 bits per heavy atom. The highest BCUT2D eigenvalue weighted by Crippen LogP contribution is 2.25. The molecule has 0 unspecified atom stereocenters. The maximum Gasteiger partial charge on any atom is 0.321 e. The number of allylic oxidation sites excluding steroid dienone is 1. The summed E-state index contributed by atoms with van der Waals surface area (Å²) in [5, 5.41) is 2.93. The van der Waals surface area contributed by atoms with Crippen molar-refractivity contribution in [2.45, 2.75) is 53.4 Å². The van der Waals surface area contributed by atoms with Crippen molar-refractivity contribution in [3.63, 3.8) is 0 Å². The summed E-state index contributed by atoms with van der Waals surface area (Å²) >= 11 is 0. The molecule has 1 aliphatic carbocycles. The number of carbonyl (C=O) groups excluding carboxylic acids is 1. The van der Waals surface area contributed by atoms with Crippen molar-refractivity contribution in [3.8, 4) is 0 Å². The van der Waals surface area contributed by atoms with E-state index in [1.807, 2.05) is 11.1 Å². The third-order valence-corrected chi connectivity index (χ3v) is 3.43. The zero-order valence-corrected chi connectivity index (χ0v) is 13.0. The van der Waals surface area contributed by atoms with E-state index in [-0.39, 0.29) is 6.03 Å². The monoisotopic (exact) mass is 266 g/mol. The number of urea groups is 1. The maximum absolute atomic E-state index is 12.2. The molecule has 0 aromatic rings. The highest BCUT2D eigenvalue weighted by molar-refractivity contribution is 5.75. The van der Waals surface area contributed by atoms with Crippen molar-refractivity contribution in [1.82, 2.24) is 10.2 Å². The molecule has 1 aliphatic rings. The Bertz CT molecular complexity index is 281. The van der Waals surface area contributed by atoms with Gasteiger partial charge in [0.25, 0.3) is 0 Å². The Kier molecular flexibility index (Phi) is 6.96. The molecule has 0 aliphatic heterocycles. The first kappa shape index (κ1) is 16.1. The van der Waals surface area contributed by atoms with Crippen LogP contribution in [0.2, 0.25) is 0 Å². The largest absolute Gasteiger partial charge is 0.324 e. The lowest BCUT2D eigenvalue weighted by molar-refractivity contribution is 0.187. The molecule has 2 amide bonds. The van der Waals surface area contributed by atoms with Crippen LogP contribution in [0.3, 0.4) is 0 Å². The summed E-state index contributed by atoms with van der Waals surface area (Å²) in [6, 6.07) is 0.0386. The quantitative estimate of drug-likeness (QED) is 0.774. The minimum absolute atomic E-state index is 0.0386. The van der Waals surface area contributed by atoms with Crippen molar-refractivity contribution in [2.24, 2.45) is 17.8 Å². The van der Waals surface area contributed by atoms with Gasteiger partial charge in [0, 0.05) is 19.3 Å². The zero-order valence-electron chi connectivity index (χ0n) is 13.0. The van der Waals surface area contributed by atoms with E-state index >= 15 is 0 Å². The summed E-state index contributed by atoms with van der Waals surface area (Å²) in [7, 11) is 0. The second-order valence-electron chi connectivity index (χ2n) is 6.55. The molecule has 1 rings (SSSR count). The standard InChI is InChI=1S/C16H30N2O/c1-13(2)11-18(12-14(3)4)16(19)17-10-9-15-7-5-6-8-15/h9-10,13-15H,5-8,11-12H2,1-4H3,(H,17,19)/b10-9+. The Labute approximate surface area is 118 Å². The van der Waals surface area contributed by atoms with Gasteiger partial charge in [-0.1, -0.05) is 46.6 Å². The third-order valence-electron chi connectivity index (χ3n) is 3.43. The van der Waals surface area contributed by atoms with E-state index in [9.17, 15) is 4.79 Å². The fourth-order valence-electron chi connectivity index (χ4n) is 2.62. The minimum Gasteiger partial charge on any atom is -0.324 e. The Hall–Kier alpha value is -0.990. The second-order valence-corrected chi connectivity index (χ2v) is 6.55. The lowest BCUT2D eigenvalue weighted by Gasteiger charge is -2.26. The van der Waals surface area contributed by atoms with E-state index in [0.29, 0.717) is 17.8 Å². The highest BCUT2D eigenvalue weighted by atomic mass is 16.2. The number of amides is 2. The van der Waals surface area contributed by atoms with Crippen LogP contribution in [0.4, 0.5) is 4.79 Å². The Balaban J connectivity index is 2.41. The summed E-state index contributed by atoms with van der Waals surface area (Å²) in [5.41, 5.74) is 0. The van der Waals surface area contributed by atoms with Gasteiger partial charge in [0.1, 0.15) is 0 Å². The van der Waals surface area contributed by atoms with E-state index in [1.54, 1.807) is 0 Å². The van der Waals surface area contributed by atoms with Crippen molar-refractivity contribution in [3.05, 3.63) is 12.3 Å². The van der Waals surface area contributed by atoms with Crippen LogP contribution in [0, 0.1) is 17.8 Å². The lowest BCUT2D eigenvalue weighted by atomic mass is 10.1. The molecular formula is C16H30N2O. The molecule has 3 heteroatoms. The molecule has 0 bridgehead atoms. The fraction of sp³-hybridized carbons (Fsp3) is 0.812. The number of hydrogen-bond donors (Lipinski definition) is 1. The Morgan fingerprint density at radius 1 is 1.16 bits per heavy atom. The molecule has 3 nitrogen and oxygen atoms in total. The van der Waals surface area contributed by atoms with Crippen LogP contribution in [0.5, 0.6) is 0 Å². The van der Waals surface area contributed by atoms with E-state index in [4.69, 9.17) is 0 Å². The van der Waals surface area contributed by atoms with Gasteiger partial charge in [-0.25, -0.2) is 4.79 Å². The van der Waals surface area contributed by atoms with Crippen molar-refractivity contribution in [2.75, 3.05) is 13.1 Å². The van der Waals surface area contributed by atoms with Gasteiger partial charge >= 0.3 is 6.03 Å². The summed E-state index contributed by atoms with van der Waals surface area (Å²) in [6.45, 7) is 10.2. The minimum atomic E-state index is 0.0386. The molecule has 0 atom stereocenters. The van der Waals surface area contributed by atoms with Crippen LogP contribution in [0.15, 0.2) is 12.3 Å². The molecule has 1 N–H and O–H groups in total. The number of nitrogens with one attached hydrogen (secondary N) is 1. The molecule has 1 fully saturated rings. The van der Waals surface area contributed by atoms with Crippen molar-refractivity contribution < 1.29 is 4.79 Å². The van der Waals surface area contributed by atoms with Gasteiger partial charge in [-0.2, -0.15) is 0 Å². The Morgan fingerprint density at radius 2 is 1.68 bits per heavy atom. The van der Waals surface area contributed by atoms with Gasteiger partial charge in [-0.15, -0.1) is 0 Å². The highest BCUT2D eigenvalue weighted by Gasteiger charge is 2.15. The van der Waals surface area contributed by atoms with Gasteiger partial charge in [0.2, 0.25) is 0 Å². The van der Waals surface area contributed by atoms with Gasteiger partial charge in [-0.05, 0) is 30.6 Å². The number of hydrogen-bond acceptors (Lipinski definition) is 1. The SMILES string of the molecule is CC(C)CN(CC(C)C)C(=O)N/C=C/C1CCCC1. The van der Waals surface area contributed by atoms with Crippen molar-refractivity contribution in [1.29, 1.82) is 0 Å². The normalized spacial score (nSPS) is 16.7. The second kappa shape index (κ2) is 8.23. The van der Waals surface area contributed by atoms with E-state index < -0.39 is 0 Å². The summed E-state index contributed by atoms with van der Waals surface area (Å²) < 4.78 is 0. The van der Waals surface area contributed by atoms with Gasteiger partial charge in [0.15, 0.2) is 0 Å². The molecule has 110 valence electrons. The van der Waals surface area contributed by atoms with Crippen LogP contribution in [0.25, 0.3) is 0 Å². The first-order valence-electron chi connectivity index (χ1n) is 7.71. The smallest absolute Gasteiger partial charge is 0.321 e. The summed E-state index contributed by atoms with van der Waals surface area (Å²) in [4.78, 5) is 14.1. The topological polar surface area (TPSA) is 32.3 Å². The van der Waals surface area contributed by atoms with Crippen LogP contribution in [0.1, 0.15) is 53.4 Å². The number of carbonyl (C=O) groups is 1. The third kappa shape index (κ3) is 6.65. The van der Waals surface area contributed by atoms with Gasteiger partial charge in [0.05, 0.1) is 0 Å². The fourth-order valence-corrected chi connectivity index (χ4v) is 2.62. The van der Waals surface area contributed by atoms with Gasteiger partial charge in [-0.3, -0.25) is 0 Å². The van der Waals surface area contributed by atoms with Crippen LogP contribution in [-0.2, 0) is 0 Å². The van der Waals surface area contributed by atoms with Crippen molar-refractivity contribution >= 4 is 6.03 Å². The first-order valence-corrected chi connectivity index (χ1v) is 7.71.